The van der Waals surface area contributed by atoms with Gasteiger partial charge in [0.05, 0.1) is 25.2 Å². The van der Waals surface area contributed by atoms with Crippen molar-refractivity contribution in [2.75, 3.05) is 40.0 Å². The number of halogens is 3. The first kappa shape index (κ1) is 16.7. The van der Waals surface area contributed by atoms with Gasteiger partial charge in [0.1, 0.15) is 5.82 Å². The quantitative estimate of drug-likeness (QED) is 0.885. The van der Waals surface area contributed by atoms with Crippen molar-refractivity contribution in [2.24, 2.45) is 11.3 Å². The molecule has 8 heteroatoms. The molecular weight excluding hydrogens is 311 g/mol. The Balaban J connectivity index is 1.58. The summed E-state index contributed by atoms with van der Waals surface area (Å²) < 4.78 is 45.0. The first-order valence-electron chi connectivity index (χ1n) is 7.82. The molecule has 1 aromatic heterocycles. The summed E-state index contributed by atoms with van der Waals surface area (Å²) in [5, 5.41) is 9.47. The minimum atomic E-state index is -4.38. The molecule has 1 atom stereocenters. The molecule has 0 aromatic carbocycles. The van der Waals surface area contributed by atoms with Gasteiger partial charge < -0.3 is 19.3 Å². The molecule has 3 rings (SSSR count). The van der Waals surface area contributed by atoms with Crippen LogP contribution in [0.4, 0.5) is 13.2 Å². The van der Waals surface area contributed by atoms with Crippen LogP contribution in [-0.4, -0.2) is 59.5 Å². The number of fused-ring (bicyclic) bond motifs is 1. The fraction of sp³-hybridized carbons (Fsp3) is 0.800. The van der Waals surface area contributed by atoms with Gasteiger partial charge in [-0.1, -0.05) is 0 Å². The number of nitrogens with zero attached hydrogens (tertiary/aromatic N) is 3. The number of hydrogen-bond acceptors (Lipinski definition) is 4. The van der Waals surface area contributed by atoms with Crippen LogP contribution in [0.25, 0.3) is 0 Å². The first-order valence-corrected chi connectivity index (χ1v) is 7.82. The van der Waals surface area contributed by atoms with Crippen molar-refractivity contribution in [2.45, 2.75) is 25.6 Å². The summed E-state index contributed by atoms with van der Waals surface area (Å²) in [6.45, 7) is 3.33. The lowest BCUT2D eigenvalue weighted by atomic mass is 9.86. The van der Waals surface area contributed by atoms with Crippen LogP contribution in [0.3, 0.4) is 0 Å². The highest BCUT2D eigenvalue weighted by atomic mass is 19.4. The van der Waals surface area contributed by atoms with Crippen LogP contribution in [0, 0.1) is 11.3 Å². The van der Waals surface area contributed by atoms with Crippen molar-refractivity contribution < 1.29 is 23.0 Å². The highest BCUT2D eigenvalue weighted by molar-refractivity contribution is 5.10. The zero-order chi connectivity index (χ0) is 16.7. The highest BCUT2D eigenvalue weighted by Crippen LogP contribution is 2.31. The number of imidazole rings is 1. The molecule has 23 heavy (non-hydrogen) atoms. The van der Waals surface area contributed by atoms with Crippen LogP contribution in [0.5, 0.6) is 0 Å². The fourth-order valence-electron chi connectivity index (χ4n) is 3.50. The van der Waals surface area contributed by atoms with Gasteiger partial charge in [0.15, 0.2) is 5.69 Å². The molecule has 5 nitrogen and oxygen atoms in total. The van der Waals surface area contributed by atoms with Crippen LogP contribution < -0.4 is 0 Å². The zero-order valence-corrected chi connectivity index (χ0v) is 13.1. The maximum atomic E-state index is 12.7. The van der Waals surface area contributed by atoms with Gasteiger partial charge in [-0.15, -0.1) is 0 Å². The van der Waals surface area contributed by atoms with E-state index in [0.717, 1.165) is 25.7 Å². The number of hydrogen-bond donors (Lipinski definition) is 1. The molecule has 0 unspecified atom stereocenters. The van der Waals surface area contributed by atoms with E-state index in [2.05, 4.69) is 9.88 Å². The Labute approximate surface area is 133 Å². The molecule has 0 radical (unpaired) electrons. The maximum absolute atomic E-state index is 12.7. The smallest absolute Gasteiger partial charge is 0.396 e. The minimum Gasteiger partial charge on any atom is -0.396 e. The molecule has 2 aliphatic rings. The third kappa shape index (κ3) is 3.54. The molecule has 0 saturated carbocycles. The number of ether oxygens (including phenoxy) is 1. The topological polar surface area (TPSA) is 50.5 Å². The van der Waals surface area contributed by atoms with Gasteiger partial charge >= 0.3 is 6.18 Å². The predicted molar refractivity (Wildman–Crippen MR) is 76.9 cm³/mol. The van der Waals surface area contributed by atoms with Gasteiger partial charge in [0.2, 0.25) is 0 Å². The Morgan fingerprint density at radius 3 is 2.78 bits per heavy atom. The molecular formula is C15H22F3N3O2. The molecule has 0 spiro atoms. The van der Waals surface area contributed by atoms with E-state index in [-0.39, 0.29) is 12.0 Å². The van der Waals surface area contributed by atoms with E-state index < -0.39 is 11.9 Å². The van der Waals surface area contributed by atoms with Gasteiger partial charge in [-0.05, 0) is 19.4 Å². The summed E-state index contributed by atoms with van der Waals surface area (Å²) in [5.41, 5.74) is -0.972. The number of aliphatic hydroxyl groups excluding tert-OH is 1. The average Bonchev–Trinajstić information content (AvgIpc) is 2.86. The number of alkyl halides is 3. The Kier molecular flexibility index (Phi) is 4.41. The van der Waals surface area contributed by atoms with Crippen LogP contribution in [0.15, 0.2) is 6.20 Å². The zero-order valence-electron chi connectivity index (χ0n) is 13.1. The summed E-state index contributed by atoms with van der Waals surface area (Å²) in [5.74, 6) is 0.815. The molecule has 1 N–H and O–H groups in total. The molecule has 0 aliphatic carbocycles. The van der Waals surface area contributed by atoms with Gasteiger partial charge in [-0.2, -0.15) is 13.2 Å². The van der Waals surface area contributed by atoms with Crippen molar-refractivity contribution in [1.29, 1.82) is 0 Å². The van der Waals surface area contributed by atoms with Gasteiger partial charge in [0, 0.05) is 32.3 Å². The van der Waals surface area contributed by atoms with Gasteiger partial charge in [-0.25, -0.2) is 4.98 Å². The molecule has 0 amide bonds. The SMILES string of the molecule is CN(C[C@H]1CCc2nc(C(F)(F)F)cn2C1)CC1(CO)COC1. The first-order chi connectivity index (χ1) is 10.8. The number of aryl methyl sites for hydroxylation is 1. The number of rotatable bonds is 5. The molecule has 1 aromatic rings. The summed E-state index contributed by atoms with van der Waals surface area (Å²) in [6, 6.07) is 0. The number of aliphatic hydroxyl groups is 1. The van der Waals surface area contributed by atoms with E-state index in [1.54, 1.807) is 4.57 Å². The van der Waals surface area contributed by atoms with Crippen LogP contribution >= 0.6 is 0 Å². The van der Waals surface area contributed by atoms with E-state index in [0.29, 0.717) is 37.9 Å². The van der Waals surface area contributed by atoms with Crippen molar-refractivity contribution in [1.82, 2.24) is 14.5 Å². The Hall–Kier alpha value is -1.12. The molecule has 1 saturated heterocycles. The lowest BCUT2D eigenvalue weighted by molar-refractivity contribution is -0.147. The minimum absolute atomic E-state index is 0.0998. The Bertz CT molecular complexity index is 549. The Morgan fingerprint density at radius 1 is 1.48 bits per heavy atom. The summed E-state index contributed by atoms with van der Waals surface area (Å²) in [7, 11) is 1.99. The van der Waals surface area contributed by atoms with E-state index in [9.17, 15) is 18.3 Å². The third-order valence-corrected chi connectivity index (χ3v) is 4.71. The summed E-state index contributed by atoms with van der Waals surface area (Å²) >= 11 is 0. The second kappa shape index (κ2) is 6.07. The van der Waals surface area contributed by atoms with Crippen molar-refractivity contribution in [3.05, 3.63) is 17.7 Å². The van der Waals surface area contributed by atoms with E-state index in [4.69, 9.17) is 4.74 Å². The molecule has 2 aliphatic heterocycles. The standard InChI is InChI=1S/C15H22F3N3O2/c1-20(7-14(8-22)9-23-10-14)4-11-2-3-13-19-12(15(16,17)18)6-21(13)5-11/h6,11,22H,2-5,7-10H2,1H3/t11-/m1/s1. The average molecular weight is 333 g/mol. The molecule has 3 heterocycles. The van der Waals surface area contributed by atoms with Crippen LogP contribution in [0.2, 0.25) is 0 Å². The van der Waals surface area contributed by atoms with E-state index >= 15 is 0 Å². The molecule has 130 valence electrons. The van der Waals surface area contributed by atoms with E-state index in [1.165, 1.54) is 0 Å². The fourth-order valence-corrected chi connectivity index (χ4v) is 3.50. The normalized spacial score (nSPS) is 23.7. The largest absolute Gasteiger partial charge is 0.434 e. The van der Waals surface area contributed by atoms with Gasteiger partial charge in [-0.3, -0.25) is 0 Å². The predicted octanol–water partition coefficient (Wildman–Crippen LogP) is 1.41. The van der Waals surface area contributed by atoms with Crippen LogP contribution in [-0.2, 0) is 23.9 Å². The second-order valence-corrected chi connectivity index (χ2v) is 6.94. The van der Waals surface area contributed by atoms with Gasteiger partial charge in [0.25, 0.3) is 0 Å². The Morgan fingerprint density at radius 2 is 2.22 bits per heavy atom. The summed E-state index contributed by atoms with van der Waals surface area (Å²) in [6.07, 6.45) is -1.85. The van der Waals surface area contributed by atoms with Crippen LogP contribution in [0.1, 0.15) is 17.9 Å². The van der Waals surface area contributed by atoms with Crippen molar-refractivity contribution >= 4 is 0 Å². The molecule has 1 fully saturated rings. The third-order valence-electron chi connectivity index (χ3n) is 4.71. The lowest BCUT2D eigenvalue weighted by Crippen LogP contribution is -2.53. The second-order valence-electron chi connectivity index (χ2n) is 6.94. The summed E-state index contributed by atoms with van der Waals surface area (Å²) in [4.78, 5) is 5.85. The van der Waals surface area contributed by atoms with E-state index in [1.807, 2.05) is 7.05 Å². The van der Waals surface area contributed by atoms with Crippen molar-refractivity contribution in [3.8, 4) is 0 Å². The number of aromatic nitrogens is 2. The van der Waals surface area contributed by atoms with Crippen molar-refractivity contribution in [3.63, 3.8) is 0 Å². The lowest BCUT2D eigenvalue weighted by Gasteiger charge is -2.43. The highest BCUT2D eigenvalue weighted by Gasteiger charge is 2.39. The maximum Gasteiger partial charge on any atom is 0.434 e. The monoisotopic (exact) mass is 333 g/mol. The molecule has 0 bridgehead atoms.